The molecule has 0 unspecified atom stereocenters. The molecule has 0 saturated carbocycles. The number of nitrogens with zero attached hydrogens (tertiary/aromatic N) is 1. The van der Waals surface area contributed by atoms with Gasteiger partial charge in [0.05, 0.1) is 12.3 Å². The van der Waals surface area contributed by atoms with E-state index < -0.39 is 0 Å². The van der Waals surface area contributed by atoms with Crippen molar-refractivity contribution in [2.24, 2.45) is 0 Å². The second-order valence-corrected chi connectivity index (χ2v) is 6.48. The Balaban J connectivity index is 1.74. The molecule has 2 aromatic heterocycles. The molecule has 0 aliphatic carbocycles. The third kappa shape index (κ3) is 2.97. The number of likely N-dealkylation sites (tertiary alicyclic amines) is 1. The van der Waals surface area contributed by atoms with Gasteiger partial charge in [-0.1, -0.05) is 31.0 Å². The van der Waals surface area contributed by atoms with E-state index in [-0.39, 0.29) is 17.5 Å². The van der Waals surface area contributed by atoms with E-state index in [1.54, 1.807) is 18.4 Å². The molecule has 3 heterocycles. The summed E-state index contributed by atoms with van der Waals surface area (Å²) in [6, 6.07) is 12.8. The molecule has 5 nitrogen and oxygen atoms in total. The monoisotopic (exact) mass is 336 g/mol. The molecule has 0 bridgehead atoms. The Hall–Kier alpha value is -2.82. The molecule has 1 N–H and O–H groups in total. The molecule has 0 spiro atoms. The second-order valence-electron chi connectivity index (χ2n) is 6.48. The molecule has 1 saturated heterocycles. The number of amides is 1. The Kier molecular flexibility index (Phi) is 4.14. The zero-order valence-corrected chi connectivity index (χ0v) is 13.9. The lowest BCUT2D eigenvalue weighted by molar-refractivity contribution is 0.0652. The number of pyridine rings is 1. The molecule has 1 atom stereocenters. The maximum absolute atomic E-state index is 13.2. The van der Waals surface area contributed by atoms with Crippen molar-refractivity contribution in [2.45, 2.75) is 31.7 Å². The van der Waals surface area contributed by atoms with Crippen LogP contribution in [-0.2, 0) is 0 Å². The maximum atomic E-state index is 13.2. The first kappa shape index (κ1) is 15.7. The Morgan fingerprint density at radius 3 is 2.84 bits per heavy atom. The van der Waals surface area contributed by atoms with Crippen molar-refractivity contribution in [2.75, 3.05) is 6.54 Å². The summed E-state index contributed by atoms with van der Waals surface area (Å²) in [6.07, 6.45) is 5.62. The molecule has 1 fully saturated rings. The van der Waals surface area contributed by atoms with Gasteiger partial charge in [0.2, 0.25) is 0 Å². The van der Waals surface area contributed by atoms with Crippen LogP contribution in [0.25, 0.3) is 10.8 Å². The Morgan fingerprint density at radius 1 is 1.12 bits per heavy atom. The maximum Gasteiger partial charge on any atom is 0.271 e. The quantitative estimate of drug-likeness (QED) is 0.772. The van der Waals surface area contributed by atoms with E-state index in [1.165, 1.54) is 0 Å². The van der Waals surface area contributed by atoms with Crippen molar-refractivity contribution in [1.82, 2.24) is 9.88 Å². The van der Waals surface area contributed by atoms with Gasteiger partial charge < -0.3 is 14.3 Å². The molecule has 1 aliphatic rings. The van der Waals surface area contributed by atoms with Gasteiger partial charge in [0.15, 0.2) is 0 Å². The number of aromatic nitrogens is 1. The van der Waals surface area contributed by atoms with Gasteiger partial charge in [0.25, 0.3) is 11.5 Å². The third-order valence-electron chi connectivity index (χ3n) is 4.87. The lowest BCUT2D eigenvalue weighted by atomic mass is 10.1. The van der Waals surface area contributed by atoms with Crippen LogP contribution < -0.4 is 5.56 Å². The Morgan fingerprint density at radius 2 is 2.00 bits per heavy atom. The lowest BCUT2D eigenvalue weighted by Gasteiger charge is -2.28. The van der Waals surface area contributed by atoms with E-state index in [4.69, 9.17) is 4.42 Å². The van der Waals surface area contributed by atoms with Crippen LogP contribution in [0, 0.1) is 0 Å². The van der Waals surface area contributed by atoms with E-state index in [0.717, 1.165) is 36.8 Å². The van der Waals surface area contributed by atoms with Gasteiger partial charge >= 0.3 is 0 Å². The third-order valence-corrected chi connectivity index (χ3v) is 4.87. The summed E-state index contributed by atoms with van der Waals surface area (Å²) in [7, 11) is 0. The highest BCUT2D eigenvalue weighted by molar-refractivity contribution is 5.96. The molecule has 1 aliphatic heterocycles. The van der Waals surface area contributed by atoms with Crippen molar-refractivity contribution in [3.63, 3.8) is 0 Å². The topological polar surface area (TPSA) is 66.3 Å². The number of hydrogen-bond donors (Lipinski definition) is 1. The van der Waals surface area contributed by atoms with Crippen molar-refractivity contribution < 1.29 is 9.21 Å². The molecule has 1 amide bonds. The number of aromatic amines is 1. The van der Waals surface area contributed by atoms with Crippen molar-refractivity contribution in [1.29, 1.82) is 0 Å². The van der Waals surface area contributed by atoms with Gasteiger partial charge in [-0.3, -0.25) is 9.59 Å². The molecule has 4 rings (SSSR count). The fraction of sp³-hybridized carbons (Fsp3) is 0.300. The van der Waals surface area contributed by atoms with E-state index in [0.29, 0.717) is 17.6 Å². The van der Waals surface area contributed by atoms with Crippen LogP contribution in [0.4, 0.5) is 0 Å². The zero-order chi connectivity index (χ0) is 17.2. The van der Waals surface area contributed by atoms with Gasteiger partial charge in [-0.25, -0.2) is 0 Å². The zero-order valence-electron chi connectivity index (χ0n) is 13.9. The lowest BCUT2D eigenvalue weighted by Crippen LogP contribution is -2.36. The summed E-state index contributed by atoms with van der Waals surface area (Å²) in [5, 5.41) is 1.37. The van der Waals surface area contributed by atoms with Gasteiger partial charge in [-0.05, 0) is 42.5 Å². The molecular formula is C20H20N2O3. The van der Waals surface area contributed by atoms with E-state index in [2.05, 4.69) is 4.98 Å². The van der Waals surface area contributed by atoms with Crippen LogP contribution in [0.15, 0.2) is 57.9 Å². The number of nitrogens with one attached hydrogen (secondary N) is 1. The van der Waals surface area contributed by atoms with Gasteiger partial charge in [0, 0.05) is 11.9 Å². The number of hydrogen-bond acceptors (Lipinski definition) is 3. The Bertz CT molecular complexity index is 943. The predicted molar refractivity (Wildman–Crippen MR) is 95.5 cm³/mol. The highest BCUT2D eigenvalue weighted by Crippen LogP contribution is 2.31. The smallest absolute Gasteiger partial charge is 0.271 e. The highest BCUT2D eigenvalue weighted by Gasteiger charge is 2.29. The summed E-state index contributed by atoms with van der Waals surface area (Å²) < 4.78 is 5.57. The summed E-state index contributed by atoms with van der Waals surface area (Å²) in [6.45, 7) is 0.666. The van der Waals surface area contributed by atoms with E-state index in [9.17, 15) is 9.59 Å². The minimum atomic E-state index is -0.231. The predicted octanol–water partition coefficient (Wildman–Crippen LogP) is 3.88. The number of furan rings is 1. The van der Waals surface area contributed by atoms with E-state index >= 15 is 0 Å². The van der Waals surface area contributed by atoms with Crippen LogP contribution in [0.1, 0.15) is 48.0 Å². The standard InChI is InChI=1S/C20H20N2O3/c23-19-15-8-4-3-7-14(15)13-16(21-19)20(24)22-11-5-1-2-9-17(22)18-10-6-12-25-18/h3-4,6-8,10,12-13,17H,1-2,5,9,11H2,(H,21,23)/t17-/m1/s1. The van der Waals surface area contributed by atoms with Crippen LogP contribution >= 0.6 is 0 Å². The van der Waals surface area contributed by atoms with Crippen LogP contribution in [-0.4, -0.2) is 22.3 Å². The molecule has 1 aromatic carbocycles. The van der Waals surface area contributed by atoms with E-state index in [1.807, 2.05) is 35.2 Å². The van der Waals surface area contributed by atoms with Crippen molar-refractivity contribution in [3.05, 3.63) is 70.5 Å². The number of benzene rings is 1. The molecule has 5 heteroatoms. The number of carbonyl (C=O) groups excluding carboxylic acids is 1. The first-order chi connectivity index (χ1) is 12.2. The minimum Gasteiger partial charge on any atom is -0.467 e. The van der Waals surface area contributed by atoms with Crippen LogP contribution in [0.5, 0.6) is 0 Å². The first-order valence-electron chi connectivity index (χ1n) is 8.70. The van der Waals surface area contributed by atoms with Crippen LogP contribution in [0.2, 0.25) is 0 Å². The largest absolute Gasteiger partial charge is 0.467 e. The summed E-state index contributed by atoms with van der Waals surface area (Å²) in [5.41, 5.74) is 0.105. The summed E-state index contributed by atoms with van der Waals surface area (Å²) >= 11 is 0. The van der Waals surface area contributed by atoms with Gasteiger partial charge in [-0.2, -0.15) is 0 Å². The van der Waals surface area contributed by atoms with Gasteiger partial charge in [0.1, 0.15) is 11.5 Å². The molecule has 128 valence electrons. The summed E-state index contributed by atoms with van der Waals surface area (Å²) in [4.78, 5) is 30.1. The second kappa shape index (κ2) is 6.59. The first-order valence-corrected chi connectivity index (χ1v) is 8.70. The molecule has 25 heavy (non-hydrogen) atoms. The molecule has 3 aromatic rings. The fourth-order valence-electron chi connectivity index (χ4n) is 3.61. The highest BCUT2D eigenvalue weighted by atomic mass is 16.3. The van der Waals surface area contributed by atoms with Crippen molar-refractivity contribution >= 4 is 16.7 Å². The normalized spacial score (nSPS) is 18.2. The van der Waals surface area contributed by atoms with Gasteiger partial charge in [-0.15, -0.1) is 0 Å². The SMILES string of the molecule is O=C(c1cc2ccccc2c(=O)[nH]1)N1CCCCC[C@@H]1c1ccco1. The number of rotatable bonds is 2. The van der Waals surface area contributed by atoms with Crippen LogP contribution in [0.3, 0.4) is 0 Å². The number of H-pyrrole nitrogens is 1. The number of fused-ring (bicyclic) bond motifs is 1. The fourth-order valence-corrected chi connectivity index (χ4v) is 3.61. The molecular weight excluding hydrogens is 316 g/mol. The summed E-state index contributed by atoms with van der Waals surface area (Å²) in [5.74, 6) is 0.657. The number of carbonyl (C=O) groups is 1. The minimum absolute atomic E-state index is 0.0834. The van der Waals surface area contributed by atoms with Crippen molar-refractivity contribution in [3.8, 4) is 0 Å². The molecule has 0 radical (unpaired) electrons. The average molecular weight is 336 g/mol. The Labute approximate surface area is 145 Å². The average Bonchev–Trinajstić information content (AvgIpc) is 3.05.